The van der Waals surface area contributed by atoms with E-state index in [1.165, 1.54) is 0 Å². The molecule has 11 heteroatoms. The van der Waals surface area contributed by atoms with E-state index in [9.17, 15) is 24.0 Å². The van der Waals surface area contributed by atoms with Crippen LogP contribution in [-0.4, -0.2) is 50.0 Å². The van der Waals surface area contributed by atoms with E-state index in [-0.39, 0.29) is 11.8 Å². The van der Waals surface area contributed by atoms with Gasteiger partial charge >= 0.3 is 11.7 Å². The van der Waals surface area contributed by atoms with Crippen LogP contribution in [0.2, 0.25) is 0 Å². The lowest BCUT2D eigenvalue weighted by molar-refractivity contribution is -0.138. The molecule has 4 rings (SSSR count). The van der Waals surface area contributed by atoms with Gasteiger partial charge in [-0.1, -0.05) is 44.2 Å². The fourth-order valence-corrected chi connectivity index (χ4v) is 4.33. The number of aliphatic carboxylic acids is 1. The van der Waals surface area contributed by atoms with Crippen LogP contribution in [0, 0.1) is 5.92 Å². The largest absolute Gasteiger partial charge is 0.480 e. The smallest absolute Gasteiger partial charge is 0.329 e. The number of hydrogen-bond acceptors (Lipinski definition) is 5. The van der Waals surface area contributed by atoms with E-state index in [1.54, 1.807) is 44.3 Å². The third-order valence-corrected chi connectivity index (χ3v) is 6.20. The minimum absolute atomic E-state index is 0.0151. The Morgan fingerprint density at radius 2 is 1.59 bits per heavy atom. The number of benzene rings is 2. The number of nitrogens with zero attached hydrogens (tertiary/aromatic N) is 1. The first-order valence-electron chi connectivity index (χ1n) is 11.8. The quantitative estimate of drug-likeness (QED) is 0.230. The van der Waals surface area contributed by atoms with Crippen molar-refractivity contribution in [3.05, 3.63) is 81.1 Å². The summed E-state index contributed by atoms with van der Waals surface area (Å²) in [5, 5.41) is 14.9. The summed E-state index contributed by atoms with van der Waals surface area (Å²) in [5.74, 6) is -3.04. The molecule has 2 aromatic heterocycles. The van der Waals surface area contributed by atoms with E-state index in [4.69, 9.17) is 5.11 Å². The van der Waals surface area contributed by atoms with E-state index in [0.29, 0.717) is 11.1 Å². The maximum Gasteiger partial charge on any atom is 0.329 e. The number of para-hydroxylation sites is 2. The summed E-state index contributed by atoms with van der Waals surface area (Å²) in [6, 6.07) is 11.5. The van der Waals surface area contributed by atoms with Gasteiger partial charge in [-0.25, -0.2) is 9.36 Å². The average molecular weight is 506 g/mol. The number of carboxylic acid groups (broad SMARTS) is 1. The molecule has 0 spiro atoms. The first-order chi connectivity index (χ1) is 17.7. The van der Waals surface area contributed by atoms with Crippen LogP contribution < -0.4 is 21.9 Å². The zero-order valence-corrected chi connectivity index (χ0v) is 20.3. The summed E-state index contributed by atoms with van der Waals surface area (Å²) in [6.45, 7) is 2.77. The van der Waals surface area contributed by atoms with Gasteiger partial charge in [-0.2, -0.15) is 0 Å². The van der Waals surface area contributed by atoms with Crippen LogP contribution in [0.5, 0.6) is 0 Å². The Balaban J connectivity index is 1.78. The molecule has 0 saturated carbocycles. The fraction of sp³-hybridized carbons (Fsp3) is 0.269. The standard InChI is InChI=1S/C26H27N5O6/c1-14(2)22(24(35)28-13-21(32)33)30-23(34)20(11-15-12-27-18-9-5-3-7-16(15)18)31-25(36)17-8-4-6-10-19(17)29-26(31)37/h3-10,12,14,20,22,27H,11,13H2,1-2H3,(H,28,35)(H,29,37)(H,30,34)(H,32,33). The van der Waals surface area contributed by atoms with Crippen LogP contribution in [0.3, 0.4) is 0 Å². The predicted octanol–water partition coefficient (Wildman–Crippen LogP) is 1.30. The summed E-state index contributed by atoms with van der Waals surface area (Å²) in [4.78, 5) is 69.5. The summed E-state index contributed by atoms with van der Waals surface area (Å²) < 4.78 is 0.867. The number of carboxylic acids is 1. The topological polar surface area (TPSA) is 166 Å². The molecule has 0 aliphatic rings. The molecule has 2 unspecified atom stereocenters. The first kappa shape index (κ1) is 25.4. The van der Waals surface area contributed by atoms with Crippen molar-refractivity contribution in [1.82, 2.24) is 25.2 Å². The molecule has 4 aromatic rings. The Kier molecular flexibility index (Phi) is 7.23. The number of fused-ring (bicyclic) bond motifs is 2. The molecule has 192 valence electrons. The maximum atomic E-state index is 13.7. The summed E-state index contributed by atoms with van der Waals surface area (Å²) in [7, 11) is 0. The van der Waals surface area contributed by atoms with Gasteiger partial charge < -0.3 is 25.7 Å². The van der Waals surface area contributed by atoms with Crippen LogP contribution in [0.15, 0.2) is 64.3 Å². The Morgan fingerprint density at radius 1 is 0.946 bits per heavy atom. The van der Waals surface area contributed by atoms with Gasteiger partial charge in [0.1, 0.15) is 18.6 Å². The number of amides is 2. The highest BCUT2D eigenvalue weighted by Gasteiger charge is 2.31. The number of nitrogens with one attached hydrogen (secondary N) is 4. The first-order valence-corrected chi connectivity index (χ1v) is 11.8. The monoisotopic (exact) mass is 505 g/mol. The van der Waals surface area contributed by atoms with Gasteiger partial charge in [0.15, 0.2) is 0 Å². The second-order valence-corrected chi connectivity index (χ2v) is 9.07. The van der Waals surface area contributed by atoms with Crippen molar-refractivity contribution in [2.45, 2.75) is 32.4 Å². The maximum absolute atomic E-state index is 13.7. The molecule has 0 aliphatic carbocycles. The zero-order valence-electron chi connectivity index (χ0n) is 20.3. The molecule has 11 nitrogen and oxygen atoms in total. The highest BCUT2D eigenvalue weighted by Crippen LogP contribution is 2.23. The number of carbonyl (C=O) groups excluding carboxylic acids is 2. The molecular formula is C26H27N5O6. The van der Waals surface area contributed by atoms with Crippen LogP contribution in [0.4, 0.5) is 0 Å². The summed E-state index contributed by atoms with van der Waals surface area (Å²) in [5.41, 5.74) is 0.458. The lowest BCUT2D eigenvalue weighted by Gasteiger charge is -2.25. The van der Waals surface area contributed by atoms with Crippen molar-refractivity contribution in [2.24, 2.45) is 5.92 Å². The molecule has 2 heterocycles. The van der Waals surface area contributed by atoms with Crippen molar-refractivity contribution < 1.29 is 19.5 Å². The lowest BCUT2D eigenvalue weighted by Crippen LogP contribution is -2.54. The van der Waals surface area contributed by atoms with Crippen molar-refractivity contribution in [1.29, 1.82) is 0 Å². The SMILES string of the molecule is CC(C)C(NC(=O)C(Cc1c[nH]c2ccccc12)n1c(=O)[nH]c2ccccc2c1=O)C(=O)NCC(=O)O. The number of hydrogen-bond donors (Lipinski definition) is 5. The normalized spacial score (nSPS) is 12.9. The lowest BCUT2D eigenvalue weighted by atomic mass is 10.0. The van der Waals surface area contributed by atoms with E-state index in [2.05, 4.69) is 20.6 Å². The number of rotatable bonds is 9. The van der Waals surface area contributed by atoms with Crippen LogP contribution in [0.1, 0.15) is 25.5 Å². The summed E-state index contributed by atoms with van der Waals surface area (Å²) >= 11 is 0. The van der Waals surface area contributed by atoms with Crippen LogP contribution >= 0.6 is 0 Å². The van der Waals surface area contributed by atoms with E-state index in [1.807, 2.05) is 24.3 Å². The van der Waals surface area contributed by atoms with E-state index in [0.717, 1.165) is 15.5 Å². The second kappa shape index (κ2) is 10.5. The minimum Gasteiger partial charge on any atom is -0.480 e. The average Bonchev–Trinajstić information content (AvgIpc) is 3.27. The van der Waals surface area contributed by atoms with Gasteiger partial charge in [0, 0.05) is 23.5 Å². The number of aromatic nitrogens is 3. The molecular weight excluding hydrogens is 478 g/mol. The fourth-order valence-electron chi connectivity index (χ4n) is 4.33. The van der Waals surface area contributed by atoms with E-state index >= 15 is 0 Å². The van der Waals surface area contributed by atoms with Gasteiger partial charge in [-0.05, 0) is 29.7 Å². The Hall–Kier alpha value is -4.67. The number of H-pyrrole nitrogens is 2. The summed E-state index contributed by atoms with van der Waals surface area (Å²) in [6.07, 6.45) is 1.70. The van der Waals surface area contributed by atoms with Gasteiger partial charge in [0.05, 0.1) is 10.9 Å². The molecule has 2 amide bonds. The highest BCUT2D eigenvalue weighted by atomic mass is 16.4. The third kappa shape index (κ3) is 5.30. The predicted molar refractivity (Wildman–Crippen MR) is 137 cm³/mol. The minimum atomic E-state index is -1.30. The van der Waals surface area contributed by atoms with Crippen molar-refractivity contribution in [2.75, 3.05) is 6.54 Å². The van der Waals surface area contributed by atoms with Crippen LogP contribution in [-0.2, 0) is 20.8 Å². The molecule has 2 atom stereocenters. The Labute approximate surface area is 210 Å². The molecule has 0 aliphatic heterocycles. The Morgan fingerprint density at radius 3 is 2.27 bits per heavy atom. The van der Waals surface area contributed by atoms with Gasteiger partial charge in [0.2, 0.25) is 11.8 Å². The Bertz CT molecular complexity index is 1600. The molecule has 37 heavy (non-hydrogen) atoms. The van der Waals surface area contributed by atoms with Gasteiger partial charge in [-0.15, -0.1) is 0 Å². The van der Waals surface area contributed by atoms with Crippen molar-refractivity contribution in [3.63, 3.8) is 0 Å². The molecule has 2 aromatic carbocycles. The van der Waals surface area contributed by atoms with Crippen molar-refractivity contribution >= 4 is 39.6 Å². The molecule has 5 N–H and O–H groups in total. The van der Waals surface area contributed by atoms with Crippen LogP contribution in [0.25, 0.3) is 21.8 Å². The number of carbonyl (C=O) groups is 3. The number of aromatic amines is 2. The highest BCUT2D eigenvalue weighted by molar-refractivity contribution is 5.91. The zero-order chi connectivity index (χ0) is 26.7. The molecule has 0 radical (unpaired) electrons. The molecule has 0 bridgehead atoms. The third-order valence-electron chi connectivity index (χ3n) is 6.20. The van der Waals surface area contributed by atoms with Gasteiger partial charge in [0.25, 0.3) is 5.56 Å². The van der Waals surface area contributed by atoms with E-state index < -0.39 is 53.6 Å². The van der Waals surface area contributed by atoms with Gasteiger partial charge in [-0.3, -0.25) is 19.2 Å². The van der Waals surface area contributed by atoms with Crippen molar-refractivity contribution in [3.8, 4) is 0 Å². The second-order valence-electron chi connectivity index (χ2n) is 9.07. The molecule has 0 saturated heterocycles. The molecule has 0 fully saturated rings.